The van der Waals surface area contributed by atoms with Crippen molar-refractivity contribution < 1.29 is 9.21 Å². The van der Waals surface area contributed by atoms with Gasteiger partial charge in [0.15, 0.2) is 5.78 Å². The van der Waals surface area contributed by atoms with Crippen LogP contribution < -0.4 is 5.63 Å². The third-order valence-corrected chi connectivity index (χ3v) is 4.51. The van der Waals surface area contributed by atoms with Crippen LogP contribution in [-0.4, -0.2) is 54.9 Å². The van der Waals surface area contributed by atoms with Gasteiger partial charge in [-0.2, -0.15) is 0 Å². The lowest BCUT2D eigenvalue weighted by molar-refractivity contribution is 0.0928. The van der Waals surface area contributed by atoms with Gasteiger partial charge in [0.2, 0.25) is 0 Å². The number of carbonyl (C=O) groups excluding carboxylic acids is 1. The highest BCUT2D eigenvalue weighted by molar-refractivity contribution is 5.98. The highest BCUT2D eigenvalue weighted by Crippen LogP contribution is 2.14. The van der Waals surface area contributed by atoms with Gasteiger partial charge in [0.1, 0.15) is 11.1 Å². The summed E-state index contributed by atoms with van der Waals surface area (Å²) in [7, 11) is 0. The molecule has 2 heterocycles. The minimum atomic E-state index is -0.537. The standard InChI is InChI=1S/C18H22N2O3/c1-2-19-9-11-20(12-10-19)8-7-16(21)15-13-14-5-3-4-6-17(14)23-18(15)22/h3-6,13H,2,7-12H2,1H3. The van der Waals surface area contributed by atoms with Gasteiger partial charge >= 0.3 is 5.63 Å². The van der Waals surface area contributed by atoms with Crippen molar-refractivity contribution in [2.24, 2.45) is 0 Å². The molecule has 0 bridgehead atoms. The summed E-state index contributed by atoms with van der Waals surface area (Å²) >= 11 is 0. The maximum Gasteiger partial charge on any atom is 0.347 e. The smallest absolute Gasteiger partial charge is 0.347 e. The maximum atomic E-state index is 12.4. The molecule has 1 fully saturated rings. The first kappa shape index (κ1) is 15.9. The normalized spacial score (nSPS) is 16.7. The lowest BCUT2D eigenvalue weighted by Gasteiger charge is -2.33. The second kappa shape index (κ2) is 7.06. The maximum absolute atomic E-state index is 12.4. The number of Topliss-reactive ketones (excluding diaryl/α,β-unsaturated/α-hetero) is 1. The van der Waals surface area contributed by atoms with E-state index < -0.39 is 5.63 Å². The van der Waals surface area contributed by atoms with Crippen LogP contribution in [0.25, 0.3) is 11.0 Å². The van der Waals surface area contributed by atoms with Crippen LogP contribution in [0, 0.1) is 0 Å². The largest absolute Gasteiger partial charge is 0.422 e. The lowest BCUT2D eigenvalue weighted by atomic mass is 10.1. The summed E-state index contributed by atoms with van der Waals surface area (Å²) in [5.41, 5.74) is 0.144. The Morgan fingerprint density at radius 3 is 2.57 bits per heavy atom. The molecule has 0 N–H and O–H groups in total. The zero-order valence-corrected chi connectivity index (χ0v) is 13.5. The van der Waals surface area contributed by atoms with Crippen LogP contribution in [0.15, 0.2) is 39.5 Å². The van der Waals surface area contributed by atoms with Crippen LogP contribution in [0.4, 0.5) is 0 Å². The van der Waals surface area contributed by atoms with Crippen molar-refractivity contribution in [1.29, 1.82) is 0 Å². The number of ketones is 1. The second-order valence-electron chi connectivity index (χ2n) is 5.93. The predicted octanol–water partition coefficient (Wildman–Crippen LogP) is 2.00. The average Bonchev–Trinajstić information content (AvgIpc) is 2.59. The number of carbonyl (C=O) groups is 1. The summed E-state index contributed by atoms with van der Waals surface area (Å²) < 4.78 is 5.24. The molecule has 2 aromatic rings. The molecule has 1 aromatic carbocycles. The van der Waals surface area contributed by atoms with Crippen molar-refractivity contribution in [2.75, 3.05) is 39.3 Å². The monoisotopic (exact) mass is 314 g/mol. The lowest BCUT2D eigenvalue weighted by Crippen LogP contribution is -2.46. The van der Waals surface area contributed by atoms with Crippen LogP contribution in [-0.2, 0) is 0 Å². The van der Waals surface area contributed by atoms with E-state index in [1.165, 1.54) is 0 Å². The Bertz CT molecular complexity index is 745. The molecule has 0 saturated carbocycles. The van der Waals surface area contributed by atoms with Gasteiger partial charge in [0.25, 0.3) is 0 Å². The summed E-state index contributed by atoms with van der Waals surface area (Å²) in [4.78, 5) is 29.1. The van der Waals surface area contributed by atoms with Gasteiger partial charge in [-0.15, -0.1) is 0 Å². The number of para-hydroxylation sites is 1. The van der Waals surface area contributed by atoms with E-state index in [4.69, 9.17) is 4.42 Å². The zero-order valence-electron chi connectivity index (χ0n) is 13.5. The molecule has 0 aliphatic carbocycles. The molecule has 23 heavy (non-hydrogen) atoms. The molecule has 1 aliphatic rings. The summed E-state index contributed by atoms with van der Waals surface area (Å²) in [6.45, 7) is 7.98. The fourth-order valence-electron chi connectivity index (χ4n) is 2.98. The fraction of sp³-hybridized carbons (Fsp3) is 0.444. The van der Waals surface area contributed by atoms with Crippen molar-refractivity contribution in [3.63, 3.8) is 0 Å². The molecule has 1 aromatic heterocycles. The van der Waals surface area contributed by atoms with Crippen molar-refractivity contribution in [1.82, 2.24) is 9.80 Å². The molecule has 0 atom stereocenters. The minimum absolute atomic E-state index is 0.137. The Morgan fingerprint density at radius 2 is 1.83 bits per heavy atom. The van der Waals surface area contributed by atoms with Gasteiger partial charge in [-0.3, -0.25) is 4.79 Å². The number of piperazine rings is 1. The molecule has 1 aliphatic heterocycles. The van der Waals surface area contributed by atoms with E-state index in [-0.39, 0.29) is 11.3 Å². The number of benzene rings is 1. The molecule has 0 unspecified atom stereocenters. The van der Waals surface area contributed by atoms with E-state index in [9.17, 15) is 9.59 Å². The van der Waals surface area contributed by atoms with Gasteiger partial charge in [-0.1, -0.05) is 25.1 Å². The first-order chi connectivity index (χ1) is 11.2. The van der Waals surface area contributed by atoms with E-state index >= 15 is 0 Å². The Balaban J connectivity index is 1.64. The number of likely N-dealkylation sites (N-methyl/N-ethyl adjacent to an activating group) is 1. The third-order valence-electron chi connectivity index (χ3n) is 4.51. The molecular weight excluding hydrogens is 292 g/mol. The van der Waals surface area contributed by atoms with Gasteiger partial charge in [0.05, 0.1) is 0 Å². The molecule has 0 amide bonds. The van der Waals surface area contributed by atoms with Crippen molar-refractivity contribution >= 4 is 16.8 Å². The second-order valence-corrected chi connectivity index (χ2v) is 5.93. The molecule has 122 valence electrons. The SMILES string of the molecule is CCN1CCN(CCC(=O)c2cc3ccccc3oc2=O)CC1. The van der Waals surface area contributed by atoms with Gasteiger partial charge < -0.3 is 14.2 Å². The van der Waals surface area contributed by atoms with Crippen LogP contribution >= 0.6 is 0 Å². The molecule has 3 rings (SSSR count). The van der Waals surface area contributed by atoms with Crippen molar-refractivity contribution in [3.8, 4) is 0 Å². The van der Waals surface area contributed by atoms with Gasteiger partial charge in [0, 0.05) is 44.5 Å². The third kappa shape index (κ3) is 3.68. The van der Waals surface area contributed by atoms with Gasteiger partial charge in [-0.05, 0) is 18.7 Å². The van der Waals surface area contributed by atoms with Crippen LogP contribution in [0.3, 0.4) is 0 Å². The van der Waals surface area contributed by atoms with Crippen molar-refractivity contribution in [3.05, 3.63) is 46.3 Å². The van der Waals surface area contributed by atoms with Crippen LogP contribution in [0.5, 0.6) is 0 Å². The van der Waals surface area contributed by atoms with E-state index in [1.54, 1.807) is 12.1 Å². The van der Waals surface area contributed by atoms with E-state index in [1.807, 2.05) is 18.2 Å². The molecule has 0 spiro atoms. The van der Waals surface area contributed by atoms with E-state index in [2.05, 4.69) is 16.7 Å². The Labute approximate surface area is 135 Å². The Morgan fingerprint density at radius 1 is 1.13 bits per heavy atom. The Kier molecular flexibility index (Phi) is 4.88. The first-order valence-corrected chi connectivity index (χ1v) is 8.18. The number of fused-ring (bicyclic) bond motifs is 1. The molecule has 5 heteroatoms. The predicted molar refractivity (Wildman–Crippen MR) is 90.0 cm³/mol. The summed E-state index contributed by atoms with van der Waals surface area (Å²) in [5, 5.41) is 0.784. The molecule has 0 radical (unpaired) electrons. The summed E-state index contributed by atoms with van der Waals surface area (Å²) in [6, 6.07) is 8.91. The average molecular weight is 314 g/mol. The van der Waals surface area contributed by atoms with Crippen LogP contribution in [0.2, 0.25) is 0 Å². The summed E-state index contributed by atoms with van der Waals surface area (Å²) in [6.07, 6.45) is 0.356. The Hall–Kier alpha value is -1.98. The number of nitrogens with zero attached hydrogens (tertiary/aromatic N) is 2. The number of rotatable bonds is 5. The zero-order chi connectivity index (χ0) is 16.2. The highest BCUT2D eigenvalue weighted by atomic mass is 16.4. The minimum Gasteiger partial charge on any atom is -0.422 e. The fourth-order valence-corrected chi connectivity index (χ4v) is 2.98. The highest BCUT2D eigenvalue weighted by Gasteiger charge is 2.18. The van der Waals surface area contributed by atoms with E-state index in [0.717, 1.165) is 38.1 Å². The first-order valence-electron chi connectivity index (χ1n) is 8.18. The van der Waals surface area contributed by atoms with Crippen LogP contribution in [0.1, 0.15) is 23.7 Å². The topological polar surface area (TPSA) is 53.8 Å². The number of hydrogen-bond acceptors (Lipinski definition) is 5. The quantitative estimate of drug-likeness (QED) is 0.624. The van der Waals surface area contributed by atoms with Gasteiger partial charge in [-0.25, -0.2) is 4.79 Å². The number of hydrogen-bond donors (Lipinski definition) is 0. The molecular formula is C18H22N2O3. The molecule has 1 saturated heterocycles. The molecule has 5 nitrogen and oxygen atoms in total. The van der Waals surface area contributed by atoms with E-state index in [0.29, 0.717) is 18.5 Å². The van der Waals surface area contributed by atoms with Crippen molar-refractivity contribution in [2.45, 2.75) is 13.3 Å². The summed E-state index contributed by atoms with van der Waals surface area (Å²) in [5.74, 6) is -0.137.